The largest absolute Gasteiger partial charge is 0.397 e. The Morgan fingerprint density at radius 3 is 2.58 bits per heavy atom. The van der Waals surface area contributed by atoms with E-state index in [2.05, 4.69) is 33.1 Å². The number of hydrogen-bond acceptors (Lipinski definition) is 4. The quantitative estimate of drug-likeness (QED) is 0.247. The molecule has 1 fully saturated rings. The number of nitrogens with one attached hydrogen (secondary N) is 3. The molecular weight excluding hydrogens is 412 g/mol. The van der Waals surface area contributed by atoms with Gasteiger partial charge in [0.05, 0.1) is 16.3 Å². The smallest absolute Gasteiger partial charge is 0.253 e. The minimum atomic E-state index is -0.228. The van der Waals surface area contributed by atoms with Gasteiger partial charge in [-0.25, -0.2) is 0 Å². The summed E-state index contributed by atoms with van der Waals surface area (Å²) in [5.74, 6) is 0.249. The molecule has 3 rings (SSSR count). The number of guanidine groups is 1. The van der Waals surface area contributed by atoms with Crippen LogP contribution >= 0.6 is 11.6 Å². The van der Waals surface area contributed by atoms with Crippen LogP contribution in [0.2, 0.25) is 5.02 Å². The molecule has 0 spiro atoms. The third-order valence-corrected chi connectivity index (χ3v) is 6.28. The third-order valence-electron chi connectivity index (χ3n) is 5.95. The number of nitrogens with two attached hydrogens (primary N) is 1. The van der Waals surface area contributed by atoms with E-state index in [0.717, 1.165) is 25.7 Å². The summed E-state index contributed by atoms with van der Waals surface area (Å²) in [6.07, 6.45) is 5.33. The number of nitrogen functional groups attached to an aromatic ring is 1. The molecule has 0 atom stereocenters. The number of anilines is 1. The highest BCUT2D eigenvalue weighted by Crippen LogP contribution is 2.39. The van der Waals surface area contributed by atoms with Gasteiger partial charge >= 0.3 is 0 Å². The number of benzene rings is 2. The summed E-state index contributed by atoms with van der Waals surface area (Å²) < 4.78 is 0. The summed E-state index contributed by atoms with van der Waals surface area (Å²) in [7, 11) is 1.73. The highest BCUT2D eigenvalue weighted by Gasteiger charge is 2.37. The first-order chi connectivity index (χ1) is 15.0. The monoisotopic (exact) mass is 438 g/mol. The Kier molecular flexibility index (Phi) is 7.37. The van der Waals surface area contributed by atoms with Crippen LogP contribution in [-0.2, 0) is 5.41 Å². The summed E-state index contributed by atoms with van der Waals surface area (Å²) in [6, 6.07) is 15.5. The Labute approximate surface area is 187 Å². The van der Waals surface area contributed by atoms with E-state index in [1.807, 2.05) is 18.2 Å². The molecule has 0 saturated heterocycles. The Bertz CT molecular complexity index is 977. The number of aliphatic imine (C=N–C) groups is 1. The summed E-state index contributed by atoms with van der Waals surface area (Å²) in [4.78, 5) is 16.6. The zero-order valence-corrected chi connectivity index (χ0v) is 18.2. The van der Waals surface area contributed by atoms with Crippen LogP contribution in [0.3, 0.4) is 0 Å². The van der Waals surface area contributed by atoms with Crippen LogP contribution in [0.4, 0.5) is 5.69 Å². The zero-order valence-electron chi connectivity index (χ0n) is 17.5. The molecule has 0 radical (unpaired) electrons. The lowest BCUT2D eigenvalue weighted by Crippen LogP contribution is -2.49. The number of rotatable bonds is 5. The Morgan fingerprint density at radius 2 is 1.94 bits per heavy atom. The van der Waals surface area contributed by atoms with Crippen molar-refractivity contribution in [3.8, 4) is 6.19 Å². The van der Waals surface area contributed by atoms with Crippen molar-refractivity contribution in [3.05, 3.63) is 64.7 Å². The van der Waals surface area contributed by atoms with Gasteiger partial charge in [0.2, 0.25) is 12.2 Å². The molecule has 1 aliphatic carbocycles. The predicted octanol–water partition coefficient (Wildman–Crippen LogP) is 3.18. The van der Waals surface area contributed by atoms with Gasteiger partial charge in [0.25, 0.3) is 5.91 Å². The first kappa shape index (κ1) is 22.4. The second-order valence-corrected chi connectivity index (χ2v) is 8.17. The molecule has 0 aromatic heterocycles. The maximum atomic E-state index is 12.8. The molecule has 2 aromatic rings. The molecule has 1 saturated carbocycles. The Morgan fingerprint density at radius 1 is 1.23 bits per heavy atom. The molecule has 0 heterocycles. The van der Waals surface area contributed by atoms with Gasteiger partial charge in [-0.3, -0.25) is 4.79 Å². The van der Waals surface area contributed by atoms with E-state index < -0.39 is 0 Å². The van der Waals surface area contributed by atoms with Crippen molar-refractivity contribution in [1.82, 2.24) is 16.0 Å². The van der Waals surface area contributed by atoms with Crippen molar-refractivity contribution < 1.29 is 4.79 Å². The summed E-state index contributed by atoms with van der Waals surface area (Å²) >= 11 is 6.08. The molecule has 2 aromatic carbocycles. The normalized spacial score (nSPS) is 21.1. The number of amides is 1. The number of nitriles is 1. The van der Waals surface area contributed by atoms with Crippen molar-refractivity contribution in [3.63, 3.8) is 0 Å². The second-order valence-electron chi connectivity index (χ2n) is 7.76. The lowest BCUT2D eigenvalue weighted by Gasteiger charge is -2.41. The van der Waals surface area contributed by atoms with Gasteiger partial charge in [-0.15, -0.1) is 4.99 Å². The molecular formula is C23H27ClN6O. The summed E-state index contributed by atoms with van der Waals surface area (Å²) in [6.45, 7) is 0.500. The molecule has 0 unspecified atom stereocenters. The highest BCUT2D eigenvalue weighted by atomic mass is 35.5. The van der Waals surface area contributed by atoms with Crippen molar-refractivity contribution in [2.45, 2.75) is 37.1 Å². The Hall–Kier alpha value is -3.24. The number of para-hydroxylation sites is 1. The molecule has 5 N–H and O–H groups in total. The third kappa shape index (κ3) is 5.28. The first-order valence-corrected chi connectivity index (χ1v) is 10.7. The molecule has 31 heavy (non-hydrogen) atoms. The maximum Gasteiger partial charge on any atom is 0.253 e. The summed E-state index contributed by atoms with van der Waals surface area (Å²) in [5, 5.41) is 18.5. The molecule has 162 valence electrons. The van der Waals surface area contributed by atoms with E-state index in [-0.39, 0.29) is 17.4 Å². The van der Waals surface area contributed by atoms with Crippen LogP contribution in [0, 0.1) is 11.5 Å². The van der Waals surface area contributed by atoms with Crippen molar-refractivity contribution >= 4 is 29.2 Å². The van der Waals surface area contributed by atoms with E-state index >= 15 is 0 Å². The van der Waals surface area contributed by atoms with Gasteiger partial charge in [-0.05, 0) is 43.4 Å². The van der Waals surface area contributed by atoms with Crippen LogP contribution in [0.5, 0.6) is 0 Å². The lowest BCUT2D eigenvalue weighted by atomic mass is 9.68. The van der Waals surface area contributed by atoms with Gasteiger partial charge in [0.1, 0.15) is 0 Å². The number of carbonyl (C=O) groups excluding carboxylic acids is 1. The molecule has 8 heteroatoms. The predicted molar refractivity (Wildman–Crippen MR) is 124 cm³/mol. The van der Waals surface area contributed by atoms with Gasteiger partial charge in [-0.2, -0.15) is 5.26 Å². The SMILES string of the molecule is CN/C(=N\C#N)N[C@H]1CC[C@](CNC(=O)c2cccc(Cl)c2N)(c2ccccc2)CC1. The Balaban J connectivity index is 1.74. The van der Waals surface area contributed by atoms with Gasteiger partial charge in [-0.1, -0.05) is 48.0 Å². The van der Waals surface area contributed by atoms with E-state index in [4.69, 9.17) is 22.6 Å². The average molecular weight is 439 g/mol. The number of hydrogen-bond donors (Lipinski definition) is 4. The van der Waals surface area contributed by atoms with Gasteiger partial charge in [0.15, 0.2) is 0 Å². The minimum absolute atomic E-state index is 0.186. The van der Waals surface area contributed by atoms with Crippen molar-refractivity contribution in [1.29, 1.82) is 5.26 Å². The van der Waals surface area contributed by atoms with Crippen LogP contribution in [-0.4, -0.2) is 31.5 Å². The molecule has 1 amide bonds. The van der Waals surface area contributed by atoms with Gasteiger partial charge < -0.3 is 21.7 Å². The second kappa shape index (κ2) is 10.2. The fraction of sp³-hybridized carbons (Fsp3) is 0.348. The van der Waals surface area contributed by atoms with Crippen molar-refractivity contribution in [2.24, 2.45) is 4.99 Å². The number of carbonyl (C=O) groups is 1. The zero-order chi connectivity index (χ0) is 22.3. The van der Waals surface area contributed by atoms with Crippen LogP contribution in [0.15, 0.2) is 53.5 Å². The highest BCUT2D eigenvalue weighted by molar-refractivity contribution is 6.33. The molecule has 0 bridgehead atoms. The average Bonchev–Trinajstić information content (AvgIpc) is 2.80. The molecule has 1 aliphatic rings. The maximum absolute atomic E-state index is 12.8. The molecule has 0 aliphatic heterocycles. The van der Waals surface area contributed by atoms with Crippen LogP contribution < -0.4 is 21.7 Å². The fourth-order valence-corrected chi connectivity index (χ4v) is 4.33. The van der Waals surface area contributed by atoms with E-state index in [9.17, 15) is 4.79 Å². The van der Waals surface area contributed by atoms with E-state index in [1.54, 1.807) is 31.4 Å². The topological polar surface area (TPSA) is 115 Å². The number of halogens is 1. The first-order valence-electron chi connectivity index (χ1n) is 10.3. The van der Waals surface area contributed by atoms with Crippen molar-refractivity contribution in [2.75, 3.05) is 19.3 Å². The van der Waals surface area contributed by atoms with Gasteiger partial charge in [0, 0.05) is 25.0 Å². The summed E-state index contributed by atoms with van der Waals surface area (Å²) in [5.41, 5.74) is 7.69. The van der Waals surface area contributed by atoms with Crippen LogP contribution in [0.25, 0.3) is 0 Å². The molecule has 7 nitrogen and oxygen atoms in total. The van der Waals surface area contributed by atoms with E-state index in [0.29, 0.717) is 28.8 Å². The standard InChI is InChI=1S/C23H27ClN6O/c1-27-22(29-15-25)30-17-10-12-23(13-11-17,16-6-3-2-4-7-16)14-28-21(31)18-8-5-9-19(24)20(18)26/h2-9,17H,10-14,26H2,1H3,(H,28,31)(H2,27,29,30)/t17-,23-. The minimum Gasteiger partial charge on any atom is -0.397 e. The fourth-order valence-electron chi connectivity index (χ4n) is 4.16. The van der Waals surface area contributed by atoms with Crippen LogP contribution in [0.1, 0.15) is 41.6 Å². The van der Waals surface area contributed by atoms with E-state index in [1.165, 1.54) is 5.56 Å². The number of nitrogens with zero attached hydrogens (tertiary/aromatic N) is 2. The lowest BCUT2D eigenvalue weighted by molar-refractivity contribution is 0.0936.